The van der Waals surface area contributed by atoms with Crippen LogP contribution in [0.4, 0.5) is 4.39 Å². The molecule has 0 N–H and O–H groups in total. The number of nitrogens with zero attached hydrogens (tertiary/aromatic N) is 3. The van der Waals surface area contributed by atoms with Gasteiger partial charge in [-0.15, -0.1) is 11.3 Å². The number of methoxy groups -OCH3 is 2. The molecule has 0 bridgehead atoms. The van der Waals surface area contributed by atoms with E-state index in [4.69, 9.17) is 14.6 Å². The van der Waals surface area contributed by atoms with Gasteiger partial charge >= 0.3 is 0 Å². The van der Waals surface area contributed by atoms with Crippen molar-refractivity contribution in [3.63, 3.8) is 0 Å². The first-order valence-corrected chi connectivity index (χ1v) is 10.2. The lowest BCUT2D eigenvalue weighted by atomic mass is 10.1. The van der Waals surface area contributed by atoms with Crippen LogP contribution >= 0.6 is 11.3 Å². The second-order valence-electron chi connectivity index (χ2n) is 6.75. The molecule has 3 rings (SSSR count). The van der Waals surface area contributed by atoms with Crippen LogP contribution in [-0.4, -0.2) is 31.2 Å². The molecule has 0 radical (unpaired) electrons. The van der Waals surface area contributed by atoms with E-state index >= 15 is 0 Å². The monoisotopic (exact) mass is 425 g/mol. The summed E-state index contributed by atoms with van der Waals surface area (Å²) in [5.74, 6) is 1.00. The summed E-state index contributed by atoms with van der Waals surface area (Å²) in [6, 6.07) is 12.0. The van der Waals surface area contributed by atoms with E-state index < -0.39 is 0 Å². The Labute approximate surface area is 179 Å². The summed E-state index contributed by atoms with van der Waals surface area (Å²) >= 11 is 1.48. The number of rotatable bonds is 7. The minimum absolute atomic E-state index is 0.280. The normalized spacial score (nSPS) is 12.2. The van der Waals surface area contributed by atoms with Crippen LogP contribution in [0, 0.1) is 5.82 Å². The van der Waals surface area contributed by atoms with Crippen molar-refractivity contribution < 1.29 is 13.9 Å². The van der Waals surface area contributed by atoms with Crippen LogP contribution < -0.4 is 14.3 Å². The van der Waals surface area contributed by atoms with Crippen molar-refractivity contribution in [2.24, 2.45) is 10.1 Å². The maximum Gasteiger partial charge on any atom is 0.206 e. The molecule has 2 aromatic carbocycles. The predicted octanol–water partition coefficient (Wildman–Crippen LogP) is 5.12. The fraction of sp³-hybridized carbons (Fsp3) is 0.217. The second kappa shape index (κ2) is 9.54. The van der Waals surface area contributed by atoms with Gasteiger partial charge in [0.15, 0.2) is 11.5 Å². The lowest BCUT2D eigenvalue weighted by Gasteiger charge is -2.10. The molecule has 0 aliphatic carbocycles. The molecule has 0 atom stereocenters. The number of hydrogen-bond acceptors (Lipinski definition) is 5. The predicted molar refractivity (Wildman–Crippen MR) is 120 cm³/mol. The molecule has 0 amide bonds. The highest BCUT2D eigenvalue weighted by atomic mass is 32.1. The van der Waals surface area contributed by atoms with E-state index in [2.05, 4.69) is 11.6 Å². The molecule has 0 aliphatic heterocycles. The van der Waals surface area contributed by atoms with Crippen molar-refractivity contribution in [2.75, 3.05) is 20.8 Å². The van der Waals surface area contributed by atoms with Crippen molar-refractivity contribution in [3.05, 3.63) is 76.2 Å². The Morgan fingerprint density at radius 1 is 1.07 bits per heavy atom. The van der Waals surface area contributed by atoms with Gasteiger partial charge in [-0.3, -0.25) is 4.99 Å². The summed E-state index contributed by atoms with van der Waals surface area (Å²) in [6.07, 6.45) is 0. The van der Waals surface area contributed by atoms with Gasteiger partial charge in [0.1, 0.15) is 5.82 Å². The molecule has 3 aromatic rings. The van der Waals surface area contributed by atoms with E-state index in [1.807, 2.05) is 37.4 Å². The third-order valence-electron chi connectivity index (χ3n) is 4.36. The highest BCUT2D eigenvalue weighted by Crippen LogP contribution is 2.28. The Morgan fingerprint density at radius 3 is 2.40 bits per heavy atom. The molecule has 5 nitrogen and oxygen atoms in total. The number of aromatic nitrogens is 1. The number of ether oxygens (including phenoxy) is 2. The van der Waals surface area contributed by atoms with E-state index in [0.717, 1.165) is 32.9 Å². The molecule has 0 unspecified atom stereocenters. The summed E-state index contributed by atoms with van der Waals surface area (Å²) < 4.78 is 25.9. The fourth-order valence-electron chi connectivity index (χ4n) is 2.79. The Balaban J connectivity index is 2.12. The van der Waals surface area contributed by atoms with Crippen molar-refractivity contribution in [1.29, 1.82) is 0 Å². The number of benzene rings is 2. The molecule has 0 fully saturated rings. The lowest BCUT2D eigenvalue weighted by molar-refractivity contribution is 0.355. The van der Waals surface area contributed by atoms with E-state index in [0.29, 0.717) is 18.0 Å². The molecule has 156 valence electrons. The van der Waals surface area contributed by atoms with Crippen molar-refractivity contribution >= 4 is 17.0 Å². The SMILES string of the molecule is C=C(C)CN=c1scc(-c2ccc(F)cc2)n1N=C(C)c1ccc(OC)c(OC)c1. The summed E-state index contributed by atoms with van der Waals surface area (Å²) in [5.41, 5.74) is 4.31. The van der Waals surface area contributed by atoms with Crippen LogP contribution in [0.2, 0.25) is 0 Å². The van der Waals surface area contributed by atoms with E-state index in [9.17, 15) is 4.39 Å². The quantitative estimate of drug-likeness (QED) is 0.390. The molecule has 1 aromatic heterocycles. The van der Waals surface area contributed by atoms with Gasteiger partial charge in [-0.1, -0.05) is 12.2 Å². The molecule has 0 aliphatic rings. The standard InChI is InChI=1S/C23H24FN3O2S/c1-15(2)13-25-23-27(20(14-30-23)17-6-9-19(24)10-7-17)26-16(3)18-8-11-21(28-4)22(12-18)29-5/h6-12,14H,1,13H2,2-5H3. The van der Waals surface area contributed by atoms with Gasteiger partial charge in [0.2, 0.25) is 4.80 Å². The van der Waals surface area contributed by atoms with Gasteiger partial charge in [-0.25, -0.2) is 9.07 Å². The fourth-order valence-corrected chi connectivity index (χ4v) is 3.63. The van der Waals surface area contributed by atoms with E-state index in [1.54, 1.807) is 31.0 Å². The summed E-state index contributed by atoms with van der Waals surface area (Å²) in [4.78, 5) is 5.37. The lowest BCUT2D eigenvalue weighted by Crippen LogP contribution is -2.15. The second-order valence-corrected chi connectivity index (χ2v) is 7.59. The van der Waals surface area contributed by atoms with Crippen LogP contribution in [0.25, 0.3) is 11.3 Å². The zero-order chi connectivity index (χ0) is 21.7. The van der Waals surface area contributed by atoms with Crippen LogP contribution in [0.3, 0.4) is 0 Å². The largest absolute Gasteiger partial charge is 0.493 e. The molecule has 0 saturated carbocycles. The topological polar surface area (TPSA) is 48.1 Å². The zero-order valence-electron chi connectivity index (χ0n) is 17.5. The number of hydrogen-bond donors (Lipinski definition) is 0. The van der Waals surface area contributed by atoms with Crippen molar-refractivity contribution in [2.45, 2.75) is 13.8 Å². The molecule has 7 heteroatoms. The minimum Gasteiger partial charge on any atom is -0.493 e. The Kier molecular flexibility index (Phi) is 6.84. The van der Waals surface area contributed by atoms with E-state index in [1.165, 1.54) is 23.5 Å². The summed E-state index contributed by atoms with van der Waals surface area (Å²) in [7, 11) is 3.20. The third kappa shape index (κ3) is 4.86. The highest BCUT2D eigenvalue weighted by Gasteiger charge is 2.11. The smallest absolute Gasteiger partial charge is 0.206 e. The highest BCUT2D eigenvalue weighted by molar-refractivity contribution is 7.07. The maximum atomic E-state index is 13.4. The Bertz CT molecular complexity index is 1140. The molecule has 0 spiro atoms. The molecular formula is C23H24FN3O2S. The molecular weight excluding hydrogens is 401 g/mol. The van der Waals surface area contributed by atoms with Gasteiger partial charge in [0.25, 0.3) is 0 Å². The van der Waals surface area contributed by atoms with Crippen LogP contribution in [0.5, 0.6) is 11.5 Å². The Morgan fingerprint density at radius 2 is 1.77 bits per heavy atom. The van der Waals surface area contributed by atoms with Gasteiger partial charge in [0, 0.05) is 16.5 Å². The minimum atomic E-state index is -0.280. The zero-order valence-corrected chi connectivity index (χ0v) is 18.3. The summed E-state index contributed by atoms with van der Waals surface area (Å²) in [5, 5.41) is 6.80. The average molecular weight is 426 g/mol. The molecule has 30 heavy (non-hydrogen) atoms. The van der Waals surface area contributed by atoms with Gasteiger partial charge < -0.3 is 9.47 Å². The summed E-state index contributed by atoms with van der Waals surface area (Å²) in [6.45, 7) is 8.28. The van der Waals surface area contributed by atoms with Gasteiger partial charge in [0.05, 0.1) is 32.2 Å². The first-order valence-electron chi connectivity index (χ1n) is 9.32. The number of thiazole rings is 1. The van der Waals surface area contributed by atoms with Crippen molar-refractivity contribution in [1.82, 2.24) is 4.68 Å². The average Bonchev–Trinajstić information content (AvgIpc) is 3.14. The maximum absolute atomic E-state index is 13.4. The third-order valence-corrected chi connectivity index (χ3v) is 5.21. The van der Waals surface area contributed by atoms with Gasteiger partial charge in [-0.05, 0) is 56.3 Å². The van der Waals surface area contributed by atoms with Crippen LogP contribution in [0.15, 0.2) is 70.1 Å². The number of halogens is 1. The molecule has 1 heterocycles. The van der Waals surface area contributed by atoms with E-state index in [-0.39, 0.29) is 5.82 Å². The van der Waals surface area contributed by atoms with Crippen molar-refractivity contribution in [3.8, 4) is 22.8 Å². The Hall–Kier alpha value is -3.19. The van der Waals surface area contributed by atoms with Crippen LogP contribution in [0.1, 0.15) is 19.4 Å². The first kappa shape index (κ1) is 21.5. The first-order chi connectivity index (χ1) is 14.4. The molecule has 0 saturated heterocycles. The van der Waals surface area contributed by atoms with Crippen LogP contribution in [-0.2, 0) is 0 Å². The van der Waals surface area contributed by atoms with Gasteiger partial charge in [-0.2, -0.15) is 5.10 Å².